The minimum absolute atomic E-state index is 0.162. The van der Waals surface area contributed by atoms with Crippen molar-refractivity contribution in [3.05, 3.63) is 63.1 Å². The van der Waals surface area contributed by atoms with E-state index in [-0.39, 0.29) is 25.0 Å². The largest absolute Gasteiger partial charge is 0.483 e. The molecule has 1 N–H and O–H groups in total. The van der Waals surface area contributed by atoms with Crippen LogP contribution in [0.25, 0.3) is 0 Å². The van der Waals surface area contributed by atoms with Gasteiger partial charge in [0, 0.05) is 13.1 Å². The fourth-order valence-electron chi connectivity index (χ4n) is 3.36. The van der Waals surface area contributed by atoms with Crippen LogP contribution in [-0.4, -0.2) is 35.9 Å². The molecule has 7 heteroatoms. The van der Waals surface area contributed by atoms with Gasteiger partial charge in [0.1, 0.15) is 11.8 Å². The van der Waals surface area contributed by atoms with Crippen LogP contribution in [0.3, 0.4) is 0 Å². The van der Waals surface area contributed by atoms with Crippen molar-refractivity contribution >= 4 is 35.0 Å². The quantitative estimate of drug-likeness (QED) is 0.420. The first-order chi connectivity index (χ1) is 15.3. The maximum Gasteiger partial charge on any atom is 0.261 e. The van der Waals surface area contributed by atoms with Crippen LogP contribution in [0.4, 0.5) is 0 Å². The molecule has 0 aromatic heterocycles. The fourth-order valence-corrected chi connectivity index (χ4v) is 3.68. The number of carbonyl (C=O) groups is 2. The predicted octanol–water partition coefficient (Wildman–Crippen LogP) is 5.71. The molecule has 2 rings (SSSR count). The Kier molecular flexibility index (Phi) is 10.3. The predicted molar refractivity (Wildman–Crippen MR) is 130 cm³/mol. The molecule has 0 aliphatic heterocycles. The number of nitrogens with zero attached hydrogens (tertiary/aromatic N) is 1. The van der Waals surface area contributed by atoms with Crippen molar-refractivity contribution in [3.8, 4) is 5.75 Å². The summed E-state index contributed by atoms with van der Waals surface area (Å²) in [5, 5.41) is 3.79. The molecular weight excluding hydrogens is 447 g/mol. The summed E-state index contributed by atoms with van der Waals surface area (Å²) in [4.78, 5) is 27.7. The van der Waals surface area contributed by atoms with Gasteiger partial charge in [-0.3, -0.25) is 9.59 Å². The van der Waals surface area contributed by atoms with E-state index in [4.69, 9.17) is 27.9 Å². The zero-order valence-corrected chi connectivity index (χ0v) is 20.7. The van der Waals surface area contributed by atoms with Crippen molar-refractivity contribution in [1.82, 2.24) is 10.2 Å². The Morgan fingerprint density at radius 3 is 2.50 bits per heavy atom. The Morgan fingerprint density at radius 2 is 1.84 bits per heavy atom. The Labute approximate surface area is 201 Å². The lowest BCUT2D eigenvalue weighted by molar-refractivity contribution is -0.143. The summed E-state index contributed by atoms with van der Waals surface area (Å²) in [5.74, 6) is 0.226. The molecule has 2 aromatic rings. The monoisotopic (exact) mass is 478 g/mol. The third kappa shape index (κ3) is 7.14. The SMILES string of the molecule is CCCCNC(=O)[C@@H](CC)N(Cc1ccc(Cl)c(Cl)c1)C(=O)COc1cccc(C)c1C. The number of hydrogen-bond acceptors (Lipinski definition) is 3. The van der Waals surface area contributed by atoms with Gasteiger partial charge in [0.05, 0.1) is 10.0 Å². The average Bonchev–Trinajstić information content (AvgIpc) is 2.77. The van der Waals surface area contributed by atoms with Crippen LogP contribution < -0.4 is 10.1 Å². The molecule has 32 heavy (non-hydrogen) atoms. The number of carbonyl (C=O) groups excluding carboxylic acids is 2. The number of nitrogens with one attached hydrogen (secondary N) is 1. The maximum atomic E-state index is 13.3. The fraction of sp³-hybridized carbons (Fsp3) is 0.440. The van der Waals surface area contributed by atoms with Crippen molar-refractivity contribution < 1.29 is 14.3 Å². The summed E-state index contributed by atoms with van der Waals surface area (Å²) in [7, 11) is 0. The average molecular weight is 479 g/mol. The first kappa shape index (κ1) is 26.0. The topological polar surface area (TPSA) is 58.6 Å². The van der Waals surface area contributed by atoms with Gasteiger partial charge in [-0.25, -0.2) is 0 Å². The van der Waals surface area contributed by atoms with Gasteiger partial charge in [0.2, 0.25) is 5.91 Å². The second-order valence-corrected chi connectivity index (χ2v) is 8.64. The number of hydrogen-bond donors (Lipinski definition) is 1. The first-order valence-corrected chi connectivity index (χ1v) is 11.7. The highest BCUT2D eigenvalue weighted by atomic mass is 35.5. The van der Waals surface area contributed by atoms with Gasteiger partial charge < -0.3 is 15.0 Å². The molecule has 5 nitrogen and oxygen atoms in total. The lowest BCUT2D eigenvalue weighted by Gasteiger charge is -2.30. The summed E-state index contributed by atoms with van der Waals surface area (Å²) in [6.45, 7) is 8.56. The molecule has 0 radical (unpaired) electrons. The van der Waals surface area contributed by atoms with Crippen LogP contribution in [0.2, 0.25) is 10.0 Å². The summed E-state index contributed by atoms with van der Waals surface area (Å²) in [5.41, 5.74) is 2.87. The van der Waals surface area contributed by atoms with Gasteiger partial charge in [-0.1, -0.05) is 61.7 Å². The molecule has 1 atom stereocenters. The zero-order chi connectivity index (χ0) is 23.7. The van der Waals surface area contributed by atoms with Crippen molar-refractivity contribution in [2.45, 2.75) is 59.5 Å². The summed E-state index contributed by atoms with van der Waals surface area (Å²) in [6.07, 6.45) is 2.35. The molecule has 0 aliphatic rings. The third-order valence-corrected chi connectivity index (χ3v) is 6.20. The van der Waals surface area contributed by atoms with Crippen molar-refractivity contribution in [1.29, 1.82) is 0 Å². The molecule has 174 valence electrons. The number of amides is 2. The van der Waals surface area contributed by atoms with Gasteiger partial charge in [0.15, 0.2) is 6.61 Å². The van der Waals surface area contributed by atoms with E-state index in [2.05, 4.69) is 12.2 Å². The summed E-state index contributed by atoms with van der Waals surface area (Å²) >= 11 is 12.2. The third-order valence-electron chi connectivity index (χ3n) is 5.46. The Morgan fingerprint density at radius 1 is 1.09 bits per heavy atom. The minimum Gasteiger partial charge on any atom is -0.483 e. The lowest BCUT2D eigenvalue weighted by Crippen LogP contribution is -2.50. The highest BCUT2D eigenvalue weighted by molar-refractivity contribution is 6.42. The van der Waals surface area contributed by atoms with E-state index in [0.717, 1.165) is 29.5 Å². The molecule has 0 saturated heterocycles. The van der Waals surface area contributed by atoms with E-state index < -0.39 is 6.04 Å². The molecule has 0 aliphatic carbocycles. The van der Waals surface area contributed by atoms with Crippen molar-refractivity contribution in [3.63, 3.8) is 0 Å². The van der Waals surface area contributed by atoms with Gasteiger partial charge >= 0.3 is 0 Å². The first-order valence-electron chi connectivity index (χ1n) is 11.0. The highest BCUT2D eigenvalue weighted by Gasteiger charge is 2.29. The summed E-state index contributed by atoms with van der Waals surface area (Å²) in [6, 6.07) is 10.3. The van der Waals surface area contributed by atoms with Crippen LogP contribution in [0.15, 0.2) is 36.4 Å². The maximum absolute atomic E-state index is 13.3. The molecule has 0 fully saturated rings. The Hall–Kier alpha value is -2.24. The second-order valence-electron chi connectivity index (χ2n) is 7.83. The van der Waals surface area contributed by atoms with E-state index in [0.29, 0.717) is 28.8 Å². The molecule has 2 aromatic carbocycles. The number of unbranched alkanes of at least 4 members (excludes halogenated alkanes) is 1. The van der Waals surface area contributed by atoms with E-state index in [1.807, 2.05) is 45.0 Å². The van der Waals surface area contributed by atoms with Crippen LogP contribution in [0.5, 0.6) is 5.75 Å². The van der Waals surface area contributed by atoms with Gasteiger partial charge in [-0.15, -0.1) is 0 Å². The van der Waals surface area contributed by atoms with Crippen LogP contribution >= 0.6 is 23.2 Å². The molecular formula is C25H32Cl2N2O3. The normalized spacial score (nSPS) is 11.7. The van der Waals surface area contributed by atoms with Crippen LogP contribution in [-0.2, 0) is 16.1 Å². The minimum atomic E-state index is -0.615. The van der Waals surface area contributed by atoms with E-state index in [9.17, 15) is 9.59 Å². The molecule has 0 heterocycles. The number of ether oxygens (including phenoxy) is 1. The molecule has 2 amide bonds. The van der Waals surface area contributed by atoms with Gasteiger partial charge in [0.25, 0.3) is 5.91 Å². The molecule has 0 bridgehead atoms. The Bertz CT molecular complexity index is 933. The van der Waals surface area contributed by atoms with E-state index in [1.165, 1.54) is 0 Å². The lowest BCUT2D eigenvalue weighted by atomic mass is 10.1. The van der Waals surface area contributed by atoms with Crippen LogP contribution in [0, 0.1) is 13.8 Å². The van der Waals surface area contributed by atoms with Gasteiger partial charge in [-0.05, 0) is 61.6 Å². The smallest absolute Gasteiger partial charge is 0.261 e. The number of aryl methyl sites for hydroxylation is 1. The highest BCUT2D eigenvalue weighted by Crippen LogP contribution is 2.25. The number of rotatable bonds is 11. The van der Waals surface area contributed by atoms with Gasteiger partial charge in [-0.2, -0.15) is 0 Å². The van der Waals surface area contributed by atoms with Crippen molar-refractivity contribution in [2.75, 3.05) is 13.2 Å². The van der Waals surface area contributed by atoms with Crippen LogP contribution in [0.1, 0.15) is 49.8 Å². The molecule has 0 unspecified atom stereocenters. The number of halogens is 2. The summed E-state index contributed by atoms with van der Waals surface area (Å²) < 4.78 is 5.84. The standard InChI is InChI=1S/C25H32Cl2N2O3/c1-5-7-13-28-25(31)22(6-2)29(15-19-11-12-20(26)21(27)14-19)24(30)16-32-23-10-8-9-17(3)18(23)4/h8-12,14,22H,5-7,13,15-16H2,1-4H3,(H,28,31)/t22-/m1/s1. The Balaban J connectivity index is 2.24. The zero-order valence-electron chi connectivity index (χ0n) is 19.2. The van der Waals surface area contributed by atoms with Crippen molar-refractivity contribution in [2.24, 2.45) is 0 Å². The molecule has 0 spiro atoms. The number of benzene rings is 2. The van der Waals surface area contributed by atoms with E-state index >= 15 is 0 Å². The second kappa shape index (κ2) is 12.7. The van der Waals surface area contributed by atoms with E-state index in [1.54, 1.807) is 17.0 Å². The molecule has 0 saturated carbocycles.